The van der Waals surface area contributed by atoms with Gasteiger partial charge < -0.3 is 18.7 Å². The van der Waals surface area contributed by atoms with Crippen molar-refractivity contribution in [2.75, 3.05) is 31.8 Å². The Balaban J connectivity index is 1.63. The number of sulfonamides is 1. The largest absolute Gasteiger partial charge is 0.496 e. The molecule has 0 aliphatic carbocycles. The van der Waals surface area contributed by atoms with Gasteiger partial charge >= 0.3 is 0 Å². The molecule has 2 N–H and O–H groups in total. The molecule has 0 bridgehead atoms. The zero-order chi connectivity index (χ0) is 32.0. The summed E-state index contributed by atoms with van der Waals surface area (Å²) >= 11 is 0. The van der Waals surface area contributed by atoms with Gasteiger partial charge in [0.1, 0.15) is 40.7 Å². The number of furan rings is 1. The molecule has 0 saturated carbocycles. The van der Waals surface area contributed by atoms with Crippen LogP contribution in [0.25, 0.3) is 56.0 Å². The number of nitrogens with zero attached hydrogens (tertiary/aromatic N) is 3. The molecule has 6 rings (SSSR count). The first-order chi connectivity index (χ1) is 21.5. The lowest BCUT2D eigenvalue weighted by Gasteiger charge is -2.21. The molecule has 0 spiro atoms. The predicted molar refractivity (Wildman–Crippen MR) is 169 cm³/mol. The number of hydrogen-bond acceptors (Lipinski definition) is 9. The lowest BCUT2D eigenvalue weighted by atomic mass is 9.96. The number of para-hydroxylation sites is 1. The highest BCUT2D eigenvalue weighted by molar-refractivity contribution is 7.92. The quantitative estimate of drug-likeness (QED) is 0.189. The minimum absolute atomic E-state index is 0.207. The summed E-state index contributed by atoms with van der Waals surface area (Å²) in [6, 6.07) is 21.4. The molecule has 0 aliphatic rings. The Kier molecular flexibility index (Phi) is 7.54. The number of aliphatic hydroxyl groups is 1. The first-order valence-corrected chi connectivity index (χ1v) is 15.5. The maximum absolute atomic E-state index is 13.7. The van der Waals surface area contributed by atoms with E-state index in [2.05, 4.69) is 16.4 Å². The second kappa shape index (κ2) is 11.4. The zero-order valence-corrected chi connectivity index (χ0v) is 25.4. The smallest absolute Gasteiger partial charge is 0.232 e. The number of fused-ring (bicyclic) bond motifs is 2. The van der Waals surface area contributed by atoms with E-state index in [-0.39, 0.29) is 5.89 Å². The molecule has 0 aliphatic heterocycles. The molecule has 228 valence electrons. The Morgan fingerprint density at radius 2 is 1.76 bits per heavy atom. The summed E-state index contributed by atoms with van der Waals surface area (Å²) in [5, 5.41) is 23.9. The third-order valence-electron chi connectivity index (χ3n) is 7.62. The van der Waals surface area contributed by atoms with E-state index in [0.717, 1.165) is 10.6 Å². The van der Waals surface area contributed by atoms with Gasteiger partial charge in [0.15, 0.2) is 5.58 Å². The van der Waals surface area contributed by atoms with Crippen LogP contribution < -0.4 is 14.4 Å². The SMILES string of the molecule is CNC(O)c1c(-c2ccc(F)cc2)oc2cc(N(C)S(C)(=O)=O)c(-c3ccc(OC)c(-c4nc5c(C#N)cccc5o4)c3)cc12. The number of aliphatic hydroxyl groups excluding tert-OH is 1. The van der Waals surface area contributed by atoms with Crippen molar-refractivity contribution in [2.45, 2.75) is 6.23 Å². The van der Waals surface area contributed by atoms with Gasteiger partial charge in [0.05, 0.1) is 30.2 Å². The van der Waals surface area contributed by atoms with E-state index in [0.29, 0.717) is 72.6 Å². The molecule has 0 saturated heterocycles. The molecule has 2 aromatic heterocycles. The van der Waals surface area contributed by atoms with Gasteiger partial charge in [0.2, 0.25) is 15.9 Å². The van der Waals surface area contributed by atoms with Crippen LogP contribution in [0, 0.1) is 17.1 Å². The van der Waals surface area contributed by atoms with E-state index in [1.807, 2.05) is 0 Å². The van der Waals surface area contributed by atoms with Crippen LogP contribution in [-0.2, 0) is 10.0 Å². The summed E-state index contributed by atoms with van der Waals surface area (Å²) in [6.45, 7) is 0. The van der Waals surface area contributed by atoms with Gasteiger partial charge in [-0.1, -0.05) is 12.1 Å². The molecule has 0 radical (unpaired) electrons. The van der Waals surface area contributed by atoms with Crippen molar-refractivity contribution >= 4 is 37.8 Å². The summed E-state index contributed by atoms with van der Waals surface area (Å²) in [4.78, 5) is 4.58. The van der Waals surface area contributed by atoms with Gasteiger partial charge in [-0.15, -0.1) is 0 Å². The minimum Gasteiger partial charge on any atom is -0.496 e. The predicted octanol–water partition coefficient (Wildman–Crippen LogP) is 6.20. The molecule has 10 nitrogen and oxygen atoms in total. The van der Waals surface area contributed by atoms with Crippen LogP contribution in [0.4, 0.5) is 10.1 Å². The second-order valence-electron chi connectivity index (χ2n) is 10.3. The molecule has 4 aromatic carbocycles. The normalized spacial score (nSPS) is 12.4. The first kappa shape index (κ1) is 29.8. The first-order valence-electron chi connectivity index (χ1n) is 13.7. The number of nitriles is 1. The molecule has 0 fully saturated rings. The topological polar surface area (TPSA) is 142 Å². The molecule has 1 atom stereocenters. The maximum atomic E-state index is 13.7. The molecule has 6 aromatic rings. The van der Waals surface area contributed by atoms with Crippen molar-refractivity contribution in [3.63, 3.8) is 0 Å². The minimum atomic E-state index is -3.73. The van der Waals surface area contributed by atoms with Crippen molar-refractivity contribution in [2.24, 2.45) is 0 Å². The van der Waals surface area contributed by atoms with Crippen molar-refractivity contribution in [1.82, 2.24) is 10.3 Å². The third kappa shape index (κ3) is 5.27. The molecule has 1 unspecified atom stereocenters. The number of methoxy groups -OCH3 is 1. The van der Waals surface area contributed by atoms with Gasteiger partial charge in [-0.3, -0.25) is 9.62 Å². The van der Waals surface area contributed by atoms with Crippen LogP contribution in [0.3, 0.4) is 0 Å². The van der Waals surface area contributed by atoms with Crippen molar-refractivity contribution < 1.29 is 31.5 Å². The number of benzene rings is 4. The van der Waals surface area contributed by atoms with Crippen molar-refractivity contribution in [1.29, 1.82) is 5.26 Å². The Bertz CT molecular complexity index is 2240. The Labute approximate surface area is 258 Å². The number of rotatable bonds is 8. The van der Waals surface area contributed by atoms with Crippen LogP contribution in [0.1, 0.15) is 17.4 Å². The van der Waals surface area contributed by atoms with Crippen LogP contribution in [0.5, 0.6) is 5.75 Å². The van der Waals surface area contributed by atoms with Gasteiger partial charge in [0.25, 0.3) is 0 Å². The standard InChI is InChI=1S/C33H27FN4O6S/c1-36-32(39)29-23-15-22(25(38(2)45(4,40)41)16-28(23)43-31(29)18-8-11-21(34)12-9-18)19-10-13-26(42-3)24(14-19)33-37-30-20(17-35)6-5-7-27(30)44-33/h5-16,32,36,39H,1-4H3. The number of nitrogens with one attached hydrogen (secondary N) is 1. The van der Waals surface area contributed by atoms with Gasteiger partial charge in [0, 0.05) is 35.2 Å². The van der Waals surface area contributed by atoms with E-state index in [4.69, 9.17) is 13.6 Å². The monoisotopic (exact) mass is 626 g/mol. The fourth-order valence-corrected chi connectivity index (χ4v) is 5.76. The number of ether oxygens (including phenoxy) is 1. The highest BCUT2D eigenvalue weighted by Gasteiger charge is 2.27. The third-order valence-corrected chi connectivity index (χ3v) is 8.81. The van der Waals surface area contributed by atoms with Crippen molar-refractivity contribution in [3.8, 4) is 45.7 Å². The average molecular weight is 627 g/mol. The van der Waals surface area contributed by atoms with Gasteiger partial charge in [-0.2, -0.15) is 5.26 Å². The van der Waals surface area contributed by atoms with Gasteiger partial charge in [-0.05, 0) is 67.2 Å². The molecular weight excluding hydrogens is 599 g/mol. The van der Waals surface area contributed by atoms with Crippen LogP contribution in [-0.4, -0.2) is 46.0 Å². The Morgan fingerprint density at radius 3 is 2.42 bits per heavy atom. The molecule has 2 heterocycles. The molecule has 0 amide bonds. The van der Waals surface area contributed by atoms with Crippen LogP contribution >= 0.6 is 0 Å². The number of oxazole rings is 1. The maximum Gasteiger partial charge on any atom is 0.232 e. The van der Waals surface area contributed by atoms with Crippen LogP contribution in [0.2, 0.25) is 0 Å². The Hall–Kier alpha value is -5.22. The Morgan fingerprint density at radius 1 is 1.02 bits per heavy atom. The highest BCUT2D eigenvalue weighted by Crippen LogP contribution is 2.44. The molecule has 12 heteroatoms. The van der Waals surface area contributed by atoms with E-state index in [9.17, 15) is 23.2 Å². The van der Waals surface area contributed by atoms with E-state index in [1.165, 1.54) is 38.4 Å². The van der Waals surface area contributed by atoms with E-state index >= 15 is 0 Å². The summed E-state index contributed by atoms with van der Waals surface area (Å²) in [7, 11) is 0.784. The number of aromatic nitrogens is 1. The van der Waals surface area contributed by atoms with E-state index < -0.39 is 22.1 Å². The zero-order valence-electron chi connectivity index (χ0n) is 24.6. The summed E-state index contributed by atoms with van der Waals surface area (Å²) < 4.78 is 58.4. The van der Waals surface area contributed by atoms with Crippen LogP contribution in [0.15, 0.2) is 81.6 Å². The number of anilines is 1. The summed E-state index contributed by atoms with van der Waals surface area (Å²) in [5.41, 5.74) is 4.25. The molecular formula is C33H27FN4O6S. The highest BCUT2D eigenvalue weighted by atomic mass is 32.2. The summed E-state index contributed by atoms with van der Waals surface area (Å²) in [6.07, 6.45) is -0.0773. The van der Waals surface area contributed by atoms with E-state index in [1.54, 1.807) is 55.6 Å². The fraction of sp³-hybridized carbons (Fsp3) is 0.152. The summed E-state index contributed by atoms with van der Waals surface area (Å²) in [5.74, 6) is 0.519. The lowest BCUT2D eigenvalue weighted by Crippen LogP contribution is -2.25. The van der Waals surface area contributed by atoms with Gasteiger partial charge in [-0.25, -0.2) is 17.8 Å². The fourth-order valence-electron chi connectivity index (χ4n) is 5.25. The van der Waals surface area contributed by atoms with Crippen molar-refractivity contribution in [3.05, 3.63) is 89.7 Å². The average Bonchev–Trinajstić information content (AvgIpc) is 3.64. The molecule has 45 heavy (non-hydrogen) atoms. The second-order valence-corrected chi connectivity index (χ2v) is 12.4. The number of halogens is 1. The number of hydrogen-bond donors (Lipinski definition) is 2. The lowest BCUT2D eigenvalue weighted by molar-refractivity contribution is 0.150.